The number of nitrogens with zero attached hydrogens (tertiary/aromatic N) is 1. The minimum absolute atomic E-state index is 0.00354. The van der Waals surface area contributed by atoms with Crippen molar-refractivity contribution in [2.24, 2.45) is 5.41 Å². The van der Waals surface area contributed by atoms with E-state index in [1.807, 2.05) is 6.07 Å². The summed E-state index contributed by atoms with van der Waals surface area (Å²) in [7, 11) is 0. The van der Waals surface area contributed by atoms with E-state index in [4.69, 9.17) is 4.74 Å². The van der Waals surface area contributed by atoms with Crippen LogP contribution in [0.25, 0.3) is 0 Å². The fourth-order valence-electron chi connectivity index (χ4n) is 4.25. The number of hydrogen-bond donors (Lipinski definition) is 2. The largest absolute Gasteiger partial charge is 0.481 e. The summed E-state index contributed by atoms with van der Waals surface area (Å²) in [5, 5.41) is 20.6. The molecule has 0 bridgehead atoms. The zero-order chi connectivity index (χ0) is 20.6. The van der Waals surface area contributed by atoms with Gasteiger partial charge in [-0.05, 0) is 47.7 Å². The van der Waals surface area contributed by atoms with Crippen LogP contribution in [0.5, 0.6) is 0 Å². The Kier molecular flexibility index (Phi) is 5.10. The number of carbonyl (C=O) groups is 2. The average Bonchev–Trinajstić information content (AvgIpc) is 3.19. The molecular formula is C22H22FNO5. The van der Waals surface area contributed by atoms with E-state index in [0.29, 0.717) is 24.3 Å². The SMILES string of the molecule is O=C(c1cccc2c1COC2)N1CC[C@H](O)[C@](Cc2ccc(F)cc2)(C(=O)O)C1. The van der Waals surface area contributed by atoms with Crippen LogP contribution in [0.1, 0.15) is 33.5 Å². The van der Waals surface area contributed by atoms with Gasteiger partial charge in [-0.15, -0.1) is 0 Å². The van der Waals surface area contributed by atoms with Crippen LogP contribution >= 0.6 is 0 Å². The number of hydrogen-bond acceptors (Lipinski definition) is 4. The van der Waals surface area contributed by atoms with Crippen molar-refractivity contribution in [1.82, 2.24) is 4.90 Å². The Morgan fingerprint density at radius 1 is 1.17 bits per heavy atom. The minimum Gasteiger partial charge on any atom is -0.481 e. The van der Waals surface area contributed by atoms with E-state index in [0.717, 1.165) is 11.1 Å². The van der Waals surface area contributed by atoms with Crippen molar-refractivity contribution >= 4 is 11.9 Å². The third-order valence-electron chi connectivity index (χ3n) is 5.94. The molecule has 1 saturated heterocycles. The summed E-state index contributed by atoms with van der Waals surface area (Å²) < 4.78 is 18.7. The number of carboxylic acids is 1. The van der Waals surface area contributed by atoms with Crippen molar-refractivity contribution in [2.45, 2.75) is 32.2 Å². The zero-order valence-corrected chi connectivity index (χ0v) is 15.8. The van der Waals surface area contributed by atoms with Gasteiger partial charge in [-0.3, -0.25) is 9.59 Å². The number of halogens is 1. The number of aliphatic hydroxyl groups is 1. The number of benzene rings is 2. The van der Waals surface area contributed by atoms with Gasteiger partial charge in [-0.25, -0.2) is 4.39 Å². The first-order valence-electron chi connectivity index (χ1n) is 9.54. The smallest absolute Gasteiger partial charge is 0.314 e. The molecule has 1 fully saturated rings. The molecule has 0 spiro atoms. The predicted molar refractivity (Wildman–Crippen MR) is 102 cm³/mol. The molecule has 2 aromatic carbocycles. The molecule has 29 heavy (non-hydrogen) atoms. The second-order valence-corrected chi connectivity index (χ2v) is 7.73. The van der Waals surface area contributed by atoms with E-state index in [-0.39, 0.29) is 31.8 Å². The number of piperidine rings is 1. The van der Waals surface area contributed by atoms with Crippen molar-refractivity contribution in [3.63, 3.8) is 0 Å². The summed E-state index contributed by atoms with van der Waals surface area (Å²) in [6.07, 6.45) is -0.951. The summed E-state index contributed by atoms with van der Waals surface area (Å²) in [5.74, 6) is -1.85. The molecule has 0 saturated carbocycles. The van der Waals surface area contributed by atoms with Crippen LogP contribution < -0.4 is 0 Å². The van der Waals surface area contributed by atoms with Crippen LogP contribution in [0.2, 0.25) is 0 Å². The van der Waals surface area contributed by atoms with Crippen LogP contribution in [-0.4, -0.2) is 46.2 Å². The third kappa shape index (κ3) is 3.52. The van der Waals surface area contributed by atoms with E-state index in [9.17, 15) is 24.2 Å². The van der Waals surface area contributed by atoms with E-state index in [2.05, 4.69) is 0 Å². The number of rotatable bonds is 4. The zero-order valence-electron chi connectivity index (χ0n) is 15.8. The number of aliphatic carboxylic acids is 1. The molecule has 2 heterocycles. The Morgan fingerprint density at radius 3 is 2.66 bits per heavy atom. The van der Waals surface area contributed by atoms with Crippen molar-refractivity contribution in [1.29, 1.82) is 0 Å². The molecule has 152 valence electrons. The van der Waals surface area contributed by atoms with Gasteiger partial charge in [0.05, 0.1) is 19.3 Å². The van der Waals surface area contributed by atoms with Gasteiger partial charge in [-0.1, -0.05) is 24.3 Å². The first-order chi connectivity index (χ1) is 13.9. The lowest BCUT2D eigenvalue weighted by molar-refractivity contribution is -0.161. The molecule has 4 rings (SSSR count). The van der Waals surface area contributed by atoms with Crippen molar-refractivity contribution in [3.8, 4) is 0 Å². The molecule has 2 N–H and O–H groups in total. The fourth-order valence-corrected chi connectivity index (χ4v) is 4.25. The molecule has 2 atom stereocenters. The van der Waals surface area contributed by atoms with Gasteiger partial charge in [0.2, 0.25) is 0 Å². The van der Waals surface area contributed by atoms with Crippen LogP contribution in [0.3, 0.4) is 0 Å². The normalized spacial score (nSPS) is 23.7. The Bertz CT molecular complexity index is 945. The molecule has 0 unspecified atom stereocenters. The average molecular weight is 399 g/mol. The maximum atomic E-state index is 13.2. The highest BCUT2D eigenvalue weighted by Gasteiger charge is 2.50. The van der Waals surface area contributed by atoms with E-state index >= 15 is 0 Å². The van der Waals surface area contributed by atoms with Crippen LogP contribution in [0, 0.1) is 11.2 Å². The number of likely N-dealkylation sites (tertiary alicyclic amines) is 1. The number of aliphatic hydroxyl groups excluding tert-OH is 1. The van der Waals surface area contributed by atoms with Crippen molar-refractivity contribution in [3.05, 3.63) is 70.5 Å². The van der Waals surface area contributed by atoms with Gasteiger partial charge < -0.3 is 19.8 Å². The quantitative estimate of drug-likeness (QED) is 0.824. The lowest BCUT2D eigenvalue weighted by Crippen LogP contribution is -2.58. The first-order valence-corrected chi connectivity index (χ1v) is 9.54. The van der Waals surface area contributed by atoms with Gasteiger partial charge in [-0.2, -0.15) is 0 Å². The second kappa shape index (κ2) is 7.57. The second-order valence-electron chi connectivity index (χ2n) is 7.73. The Hall–Kier alpha value is -2.77. The first kappa shape index (κ1) is 19.5. The summed E-state index contributed by atoms with van der Waals surface area (Å²) in [4.78, 5) is 27.0. The molecule has 2 aliphatic rings. The Labute approximate surface area is 167 Å². The molecule has 0 radical (unpaired) electrons. The maximum Gasteiger partial charge on any atom is 0.314 e. The summed E-state index contributed by atoms with van der Waals surface area (Å²) >= 11 is 0. The van der Waals surface area contributed by atoms with Crippen molar-refractivity contribution < 1.29 is 28.9 Å². The van der Waals surface area contributed by atoms with E-state index < -0.39 is 23.3 Å². The number of ether oxygens (including phenoxy) is 1. The van der Waals surface area contributed by atoms with Crippen LogP contribution in [0.4, 0.5) is 4.39 Å². The Balaban J connectivity index is 1.63. The lowest BCUT2D eigenvalue weighted by atomic mass is 9.72. The number of amides is 1. The minimum atomic E-state index is -1.56. The lowest BCUT2D eigenvalue weighted by Gasteiger charge is -2.43. The van der Waals surface area contributed by atoms with Gasteiger partial charge in [0.1, 0.15) is 11.2 Å². The summed E-state index contributed by atoms with van der Waals surface area (Å²) in [6.45, 7) is 0.958. The molecular weight excluding hydrogens is 377 g/mol. The predicted octanol–water partition coefficient (Wildman–Crippen LogP) is 2.38. The molecule has 0 aliphatic carbocycles. The number of carboxylic acid groups (broad SMARTS) is 1. The fraction of sp³-hybridized carbons (Fsp3) is 0.364. The number of carbonyl (C=O) groups excluding carboxylic acids is 1. The van der Waals surface area contributed by atoms with Crippen molar-refractivity contribution in [2.75, 3.05) is 13.1 Å². The summed E-state index contributed by atoms with van der Waals surface area (Å²) in [5.41, 5.74) is 1.35. The maximum absolute atomic E-state index is 13.2. The van der Waals surface area contributed by atoms with Gasteiger partial charge >= 0.3 is 5.97 Å². The standard InChI is InChI=1S/C22H22FNO5/c23-16-6-4-14(5-7-16)10-22(21(27)28)13-24(9-8-19(22)25)20(26)17-3-1-2-15-11-29-12-18(15)17/h1-7,19,25H,8-13H2,(H,27,28)/t19-,22+/m0/s1. The van der Waals surface area contributed by atoms with Gasteiger partial charge in [0, 0.05) is 18.7 Å². The van der Waals surface area contributed by atoms with Crippen LogP contribution in [0.15, 0.2) is 42.5 Å². The molecule has 7 heteroatoms. The molecule has 0 aromatic heterocycles. The van der Waals surface area contributed by atoms with Crippen LogP contribution in [-0.2, 0) is 29.2 Å². The van der Waals surface area contributed by atoms with E-state index in [1.54, 1.807) is 12.1 Å². The number of fused-ring (bicyclic) bond motifs is 1. The monoisotopic (exact) mass is 399 g/mol. The van der Waals surface area contributed by atoms with E-state index in [1.165, 1.54) is 29.2 Å². The molecule has 2 aromatic rings. The molecule has 2 aliphatic heterocycles. The Morgan fingerprint density at radius 2 is 1.93 bits per heavy atom. The third-order valence-corrected chi connectivity index (χ3v) is 5.94. The highest BCUT2D eigenvalue weighted by Crippen LogP contribution is 2.36. The van der Waals surface area contributed by atoms with Gasteiger partial charge in [0.15, 0.2) is 0 Å². The topological polar surface area (TPSA) is 87.1 Å². The highest BCUT2D eigenvalue weighted by atomic mass is 19.1. The highest BCUT2D eigenvalue weighted by molar-refractivity contribution is 5.96. The summed E-state index contributed by atoms with van der Waals surface area (Å²) in [6, 6.07) is 11.0. The molecule has 1 amide bonds. The van der Waals surface area contributed by atoms with Gasteiger partial charge in [0.25, 0.3) is 5.91 Å². The molecule has 6 nitrogen and oxygen atoms in total.